The molecule has 0 saturated heterocycles. The summed E-state index contributed by atoms with van der Waals surface area (Å²) >= 11 is 5.92. The molecule has 0 saturated carbocycles. The van der Waals surface area contributed by atoms with E-state index in [4.69, 9.17) is 26.2 Å². The van der Waals surface area contributed by atoms with Crippen LogP contribution >= 0.6 is 11.6 Å². The van der Waals surface area contributed by atoms with Crippen LogP contribution in [0.25, 0.3) is 0 Å². The van der Waals surface area contributed by atoms with Gasteiger partial charge in [0.25, 0.3) is 0 Å². The molecule has 0 heterocycles. The van der Waals surface area contributed by atoms with Crippen molar-refractivity contribution in [3.63, 3.8) is 0 Å². The van der Waals surface area contributed by atoms with Crippen LogP contribution in [-0.2, 0) is 13.2 Å². The van der Waals surface area contributed by atoms with Gasteiger partial charge in [-0.15, -0.1) is 0 Å². The summed E-state index contributed by atoms with van der Waals surface area (Å²) in [7, 11) is 1.64. The van der Waals surface area contributed by atoms with Crippen molar-refractivity contribution in [2.45, 2.75) is 13.2 Å². The number of halogens is 1. The van der Waals surface area contributed by atoms with Gasteiger partial charge in [0, 0.05) is 36.8 Å². The Morgan fingerprint density at radius 3 is 2.48 bits per heavy atom. The van der Waals surface area contributed by atoms with E-state index in [9.17, 15) is 0 Å². The van der Waals surface area contributed by atoms with E-state index >= 15 is 0 Å². The first-order chi connectivity index (χ1) is 12.2. The fourth-order valence-electron chi connectivity index (χ4n) is 2.37. The van der Waals surface area contributed by atoms with Gasteiger partial charge >= 0.3 is 0 Å². The fourth-order valence-corrected chi connectivity index (χ4v) is 2.49. The van der Waals surface area contributed by atoms with Gasteiger partial charge in [-0.3, -0.25) is 0 Å². The molecule has 0 amide bonds. The molecule has 0 radical (unpaired) electrons. The van der Waals surface area contributed by atoms with Crippen LogP contribution in [0.15, 0.2) is 42.5 Å². The molecule has 0 aliphatic rings. The number of aliphatic hydroxyl groups excluding tert-OH is 1. The fraction of sp³-hybridized carbons (Fsp3) is 0.368. The van der Waals surface area contributed by atoms with Gasteiger partial charge in [0.1, 0.15) is 6.61 Å². The Kier molecular flexibility index (Phi) is 8.55. The van der Waals surface area contributed by atoms with Crippen LogP contribution in [0.2, 0.25) is 5.02 Å². The lowest BCUT2D eigenvalue weighted by Gasteiger charge is -2.16. The van der Waals surface area contributed by atoms with Gasteiger partial charge in [-0.1, -0.05) is 35.9 Å². The largest absolute Gasteiger partial charge is 0.493 e. The Morgan fingerprint density at radius 2 is 1.76 bits per heavy atom. The molecule has 0 aliphatic heterocycles. The smallest absolute Gasteiger partial charge is 0.166 e. The lowest BCUT2D eigenvalue weighted by molar-refractivity contribution is 0.280. The Labute approximate surface area is 153 Å². The van der Waals surface area contributed by atoms with Crippen LogP contribution in [0.5, 0.6) is 11.5 Å². The highest BCUT2D eigenvalue weighted by molar-refractivity contribution is 6.30. The van der Waals surface area contributed by atoms with Crippen molar-refractivity contribution < 1.29 is 14.6 Å². The zero-order chi connectivity index (χ0) is 17.9. The van der Waals surface area contributed by atoms with Gasteiger partial charge in [0.15, 0.2) is 11.5 Å². The standard InChI is InChI=1S/C19H25ClN2O3/c1-24-18-4-2-3-16(13-22-10-9-21-11-12-23)19(18)25-14-15-5-7-17(20)8-6-15/h2-8,21-23H,9-14H2,1H3. The zero-order valence-corrected chi connectivity index (χ0v) is 15.2. The summed E-state index contributed by atoms with van der Waals surface area (Å²) in [4.78, 5) is 0. The molecule has 0 fully saturated rings. The monoisotopic (exact) mass is 364 g/mol. The molecule has 2 rings (SSSR count). The minimum atomic E-state index is 0.151. The van der Waals surface area contributed by atoms with Crippen molar-refractivity contribution in [1.29, 1.82) is 0 Å². The number of para-hydroxylation sites is 1. The second-order valence-electron chi connectivity index (χ2n) is 5.51. The van der Waals surface area contributed by atoms with Gasteiger partial charge < -0.3 is 25.2 Å². The SMILES string of the molecule is COc1cccc(CNCCNCCO)c1OCc1ccc(Cl)cc1. The summed E-state index contributed by atoms with van der Waals surface area (Å²) in [6, 6.07) is 13.5. The highest BCUT2D eigenvalue weighted by Crippen LogP contribution is 2.31. The summed E-state index contributed by atoms with van der Waals surface area (Å²) < 4.78 is 11.5. The van der Waals surface area contributed by atoms with Crippen LogP contribution in [-0.4, -0.2) is 38.5 Å². The molecule has 2 aromatic rings. The van der Waals surface area contributed by atoms with Gasteiger partial charge in [0.05, 0.1) is 13.7 Å². The maximum atomic E-state index is 8.74. The molecule has 0 aromatic heterocycles. The topological polar surface area (TPSA) is 62.8 Å². The third-order valence-electron chi connectivity index (χ3n) is 3.66. The Balaban J connectivity index is 1.96. The molecule has 0 spiro atoms. The quantitative estimate of drug-likeness (QED) is 0.535. The highest BCUT2D eigenvalue weighted by atomic mass is 35.5. The molecule has 0 atom stereocenters. The van der Waals surface area contributed by atoms with E-state index in [1.165, 1.54) is 0 Å². The van der Waals surface area contributed by atoms with Gasteiger partial charge in [-0.2, -0.15) is 0 Å². The van der Waals surface area contributed by atoms with Crippen molar-refractivity contribution in [2.75, 3.05) is 33.4 Å². The summed E-state index contributed by atoms with van der Waals surface area (Å²) in [6.07, 6.45) is 0. The minimum absolute atomic E-state index is 0.151. The second kappa shape index (κ2) is 10.9. The van der Waals surface area contributed by atoms with Crippen LogP contribution in [0.4, 0.5) is 0 Å². The third-order valence-corrected chi connectivity index (χ3v) is 3.91. The molecule has 0 aliphatic carbocycles. The molecule has 0 unspecified atom stereocenters. The number of rotatable bonds is 11. The number of hydrogen-bond donors (Lipinski definition) is 3. The van der Waals surface area contributed by atoms with Gasteiger partial charge in [0.2, 0.25) is 0 Å². The lowest BCUT2D eigenvalue weighted by Crippen LogP contribution is -2.28. The van der Waals surface area contributed by atoms with E-state index in [2.05, 4.69) is 10.6 Å². The molecular weight excluding hydrogens is 340 g/mol. The van der Waals surface area contributed by atoms with E-state index in [0.29, 0.717) is 30.5 Å². The number of methoxy groups -OCH3 is 1. The Bertz CT molecular complexity index is 635. The van der Waals surface area contributed by atoms with E-state index in [1.54, 1.807) is 7.11 Å². The van der Waals surface area contributed by atoms with E-state index in [-0.39, 0.29) is 6.61 Å². The van der Waals surface area contributed by atoms with Crippen molar-refractivity contribution in [1.82, 2.24) is 10.6 Å². The highest BCUT2D eigenvalue weighted by Gasteiger charge is 2.10. The van der Waals surface area contributed by atoms with E-state index < -0.39 is 0 Å². The van der Waals surface area contributed by atoms with Crippen LogP contribution in [0.3, 0.4) is 0 Å². The van der Waals surface area contributed by atoms with Gasteiger partial charge in [-0.25, -0.2) is 0 Å². The average Bonchev–Trinajstić information content (AvgIpc) is 2.64. The van der Waals surface area contributed by atoms with Crippen molar-refractivity contribution in [3.05, 3.63) is 58.6 Å². The van der Waals surface area contributed by atoms with E-state index in [1.807, 2.05) is 42.5 Å². The molecule has 6 heteroatoms. The third kappa shape index (κ3) is 6.55. The van der Waals surface area contributed by atoms with Crippen LogP contribution in [0, 0.1) is 0 Å². The molecule has 5 nitrogen and oxygen atoms in total. The lowest BCUT2D eigenvalue weighted by atomic mass is 10.1. The molecule has 2 aromatic carbocycles. The maximum Gasteiger partial charge on any atom is 0.166 e. The second-order valence-corrected chi connectivity index (χ2v) is 5.95. The zero-order valence-electron chi connectivity index (χ0n) is 14.4. The first kappa shape index (κ1) is 19.5. The summed E-state index contributed by atoms with van der Waals surface area (Å²) in [5.41, 5.74) is 2.08. The maximum absolute atomic E-state index is 8.74. The number of hydrogen-bond acceptors (Lipinski definition) is 5. The Hall–Kier alpha value is -1.79. The number of benzene rings is 2. The predicted octanol–water partition coefficient (Wildman–Crippen LogP) is 2.60. The Morgan fingerprint density at radius 1 is 1.00 bits per heavy atom. The summed E-state index contributed by atoms with van der Waals surface area (Å²) in [5, 5.41) is 15.9. The van der Waals surface area contributed by atoms with Crippen molar-refractivity contribution >= 4 is 11.6 Å². The minimum Gasteiger partial charge on any atom is -0.493 e. The molecular formula is C19H25ClN2O3. The van der Waals surface area contributed by atoms with Crippen LogP contribution < -0.4 is 20.1 Å². The normalized spacial score (nSPS) is 10.7. The average molecular weight is 365 g/mol. The molecule has 0 bridgehead atoms. The molecule has 25 heavy (non-hydrogen) atoms. The molecule has 136 valence electrons. The number of ether oxygens (including phenoxy) is 2. The van der Waals surface area contributed by atoms with Crippen molar-refractivity contribution in [3.8, 4) is 11.5 Å². The summed E-state index contributed by atoms with van der Waals surface area (Å²) in [5.74, 6) is 1.46. The predicted molar refractivity (Wildman–Crippen MR) is 100 cm³/mol. The summed E-state index contributed by atoms with van der Waals surface area (Å²) in [6.45, 7) is 3.48. The number of nitrogens with one attached hydrogen (secondary N) is 2. The number of aliphatic hydroxyl groups is 1. The first-order valence-electron chi connectivity index (χ1n) is 8.30. The molecule has 3 N–H and O–H groups in total. The first-order valence-corrected chi connectivity index (χ1v) is 8.68. The van der Waals surface area contributed by atoms with E-state index in [0.717, 1.165) is 30.0 Å². The van der Waals surface area contributed by atoms with Gasteiger partial charge in [-0.05, 0) is 23.8 Å². The van der Waals surface area contributed by atoms with Crippen molar-refractivity contribution in [2.24, 2.45) is 0 Å². The van der Waals surface area contributed by atoms with Crippen LogP contribution in [0.1, 0.15) is 11.1 Å².